The van der Waals surface area contributed by atoms with Crippen molar-refractivity contribution in [1.82, 2.24) is 0 Å². The molecule has 0 saturated carbocycles. The maximum Gasteiger partial charge on any atom is 0.343 e. The smallest absolute Gasteiger partial charge is 0.343 e. The average Bonchev–Trinajstić information content (AvgIpc) is 2.48. The summed E-state index contributed by atoms with van der Waals surface area (Å²) in [5.41, 5.74) is 1.69. The predicted octanol–water partition coefficient (Wildman–Crippen LogP) is 4.97. The van der Waals surface area contributed by atoms with Crippen LogP contribution >= 0.6 is 15.9 Å². The maximum absolute atomic E-state index is 12.2. The van der Waals surface area contributed by atoms with Crippen LogP contribution in [0.1, 0.15) is 36.7 Å². The van der Waals surface area contributed by atoms with Crippen LogP contribution in [0.4, 0.5) is 0 Å². The maximum atomic E-state index is 12.2. The minimum Gasteiger partial charge on any atom is -0.497 e. The van der Waals surface area contributed by atoms with Crippen LogP contribution in [0.3, 0.4) is 0 Å². The van der Waals surface area contributed by atoms with Gasteiger partial charge >= 0.3 is 5.97 Å². The zero-order chi connectivity index (χ0) is 16.3. The third kappa shape index (κ3) is 3.89. The third-order valence-electron chi connectivity index (χ3n) is 3.33. The molecule has 0 aliphatic carbocycles. The second-order valence-corrected chi connectivity index (χ2v) is 6.87. The number of halogens is 1. The van der Waals surface area contributed by atoms with Crippen molar-refractivity contribution in [2.24, 2.45) is 0 Å². The Morgan fingerprint density at radius 3 is 2.18 bits per heavy atom. The number of carbonyl (C=O) groups excluding carboxylic acids is 1. The second kappa shape index (κ2) is 6.53. The van der Waals surface area contributed by atoms with Gasteiger partial charge in [-0.05, 0) is 63.3 Å². The van der Waals surface area contributed by atoms with Crippen molar-refractivity contribution in [3.05, 3.63) is 58.1 Å². The highest BCUT2D eigenvalue weighted by atomic mass is 79.9. The first kappa shape index (κ1) is 16.6. The topological polar surface area (TPSA) is 35.5 Å². The zero-order valence-electron chi connectivity index (χ0n) is 13.1. The van der Waals surface area contributed by atoms with Gasteiger partial charge in [0.25, 0.3) is 0 Å². The molecule has 116 valence electrons. The number of hydrogen-bond donors (Lipinski definition) is 0. The van der Waals surface area contributed by atoms with E-state index in [1.165, 1.54) is 5.56 Å². The molecule has 4 heteroatoms. The van der Waals surface area contributed by atoms with E-state index < -0.39 is 5.97 Å². The van der Waals surface area contributed by atoms with E-state index in [1.54, 1.807) is 31.4 Å². The van der Waals surface area contributed by atoms with Gasteiger partial charge in [-0.3, -0.25) is 0 Å². The van der Waals surface area contributed by atoms with E-state index in [9.17, 15) is 4.79 Å². The summed E-state index contributed by atoms with van der Waals surface area (Å²) >= 11 is 3.47. The highest BCUT2D eigenvalue weighted by Gasteiger charge is 2.17. The lowest BCUT2D eigenvalue weighted by molar-refractivity contribution is 0.0733. The first-order valence-electron chi connectivity index (χ1n) is 6.97. The molecule has 0 radical (unpaired) electrons. The molecule has 0 N–H and O–H groups in total. The Morgan fingerprint density at radius 2 is 1.68 bits per heavy atom. The van der Waals surface area contributed by atoms with Crippen molar-refractivity contribution in [3.63, 3.8) is 0 Å². The Labute approximate surface area is 139 Å². The summed E-state index contributed by atoms with van der Waals surface area (Å²) < 4.78 is 11.3. The van der Waals surface area contributed by atoms with Gasteiger partial charge in [0.05, 0.1) is 17.1 Å². The summed E-state index contributed by atoms with van der Waals surface area (Å²) in [5, 5.41) is 0. The molecule has 2 aromatic carbocycles. The van der Waals surface area contributed by atoms with E-state index in [4.69, 9.17) is 9.47 Å². The van der Waals surface area contributed by atoms with Gasteiger partial charge in [-0.1, -0.05) is 26.8 Å². The fourth-order valence-corrected chi connectivity index (χ4v) is 2.40. The third-order valence-corrected chi connectivity index (χ3v) is 3.95. The molecule has 22 heavy (non-hydrogen) atoms. The van der Waals surface area contributed by atoms with E-state index in [-0.39, 0.29) is 5.41 Å². The minimum atomic E-state index is -0.396. The molecule has 0 saturated heterocycles. The summed E-state index contributed by atoms with van der Waals surface area (Å²) in [6.07, 6.45) is 0. The minimum absolute atomic E-state index is 0.0427. The molecular formula is C18H19BrO3. The SMILES string of the molecule is COc1ccc(C(=O)Oc2ccc(C(C)(C)C)cc2Br)cc1. The van der Waals surface area contributed by atoms with Crippen molar-refractivity contribution in [2.75, 3.05) is 7.11 Å². The molecule has 2 rings (SSSR count). The standard InChI is InChI=1S/C18H19BrO3/c1-18(2,3)13-7-10-16(15(19)11-13)22-17(20)12-5-8-14(21-4)9-6-12/h5-11H,1-4H3. The molecule has 0 aliphatic heterocycles. The normalized spacial score (nSPS) is 11.1. The summed E-state index contributed by atoms with van der Waals surface area (Å²) in [5.74, 6) is 0.813. The molecular weight excluding hydrogens is 344 g/mol. The van der Waals surface area contributed by atoms with Crippen LogP contribution in [-0.4, -0.2) is 13.1 Å². The number of ether oxygens (including phenoxy) is 2. The van der Waals surface area contributed by atoms with Crippen molar-refractivity contribution in [3.8, 4) is 11.5 Å². The lowest BCUT2D eigenvalue weighted by Gasteiger charge is -2.20. The van der Waals surface area contributed by atoms with Gasteiger partial charge in [0.1, 0.15) is 11.5 Å². The summed E-state index contributed by atoms with van der Waals surface area (Å²) in [6.45, 7) is 6.41. The van der Waals surface area contributed by atoms with E-state index in [0.717, 1.165) is 4.47 Å². The lowest BCUT2D eigenvalue weighted by atomic mass is 9.87. The van der Waals surface area contributed by atoms with E-state index >= 15 is 0 Å². The Balaban J connectivity index is 2.17. The quantitative estimate of drug-likeness (QED) is 0.570. The van der Waals surface area contributed by atoms with Crippen LogP contribution < -0.4 is 9.47 Å². The number of methoxy groups -OCH3 is 1. The Morgan fingerprint density at radius 1 is 1.05 bits per heavy atom. The lowest BCUT2D eigenvalue weighted by Crippen LogP contribution is -2.12. The molecule has 2 aromatic rings. The van der Waals surface area contributed by atoms with Gasteiger partial charge in [-0.15, -0.1) is 0 Å². The first-order chi connectivity index (χ1) is 10.3. The molecule has 0 heterocycles. The largest absolute Gasteiger partial charge is 0.497 e. The molecule has 0 unspecified atom stereocenters. The summed E-state index contributed by atoms with van der Waals surface area (Å²) in [7, 11) is 1.58. The number of carbonyl (C=O) groups is 1. The van der Waals surface area contributed by atoms with Crippen molar-refractivity contribution in [1.29, 1.82) is 0 Å². The molecule has 0 spiro atoms. The van der Waals surface area contributed by atoms with Crippen molar-refractivity contribution < 1.29 is 14.3 Å². The molecule has 3 nitrogen and oxygen atoms in total. The fraction of sp³-hybridized carbons (Fsp3) is 0.278. The van der Waals surface area contributed by atoms with Crippen molar-refractivity contribution >= 4 is 21.9 Å². The van der Waals surface area contributed by atoms with Crippen LogP contribution in [0.5, 0.6) is 11.5 Å². The monoisotopic (exact) mass is 362 g/mol. The van der Waals surface area contributed by atoms with Crippen LogP contribution in [0.2, 0.25) is 0 Å². The van der Waals surface area contributed by atoms with Crippen LogP contribution in [0, 0.1) is 0 Å². The van der Waals surface area contributed by atoms with Gasteiger partial charge in [0.2, 0.25) is 0 Å². The van der Waals surface area contributed by atoms with Crippen LogP contribution in [0.25, 0.3) is 0 Å². The molecule has 0 fully saturated rings. The average molecular weight is 363 g/mol. The Kier molecular flexibility index (Phi) is 4.91. The molecule has 0 aliphatic rings. The Hall–Kier alpha value is -1.81. The van der Waals surface area contributed by atoms with Gasteiger partial charge in [0.15, 0.2) is 0 Å². The molecule has 0 bridgehead atoms. The molecule has 0 amide bonds. The van der Waals surface area contributed by atoms with Gasteiger partial charge in [-0.2, -0.15) is 0 Å². The highest BCUT2D eigenvalue weighted by molar-refractivity contribution is 9.10. The van der Waals surface area contributed by atoms with Gasteiger partial charge < -0.3 is 9.47 Å². The van der Waals surface area contributed by atoms with Crippen molar-refractivity contribution in [2.45, 2.75) is 26.2 Å². The number of esters is 1. The van der Waals surface area contributed by atoms with Gasteiger partial charge in [0, 0.05) is 0 Å². The fourth-order valence-electron chi connectivity index (χ4n) is 1.94. The molecule has 0 aromatic heterocycles. The van der Waals surface area contributed by atoms with Crippen LogP contribution in [-0.2, 0) is 5.41 Å². The van der Waals surface area contributed by atoms with Crippen LogP contribution in [0.15, 0.2) is 46.9 Å². The molecule has 0 atom stereocenters. The van der Waals surface area contributed by atoms with Gasteiger partial charge in [-0.25, -0.2) is 4.79 Å². The number of hydrogen-bond acceptors (Lipinski definition) is 3. The number of rotatable bonds is 3. The highest BCUT2D eigenvalue weighted by Crippen LogP contribution is 2.32. The zero-order valence-corrected chi connectivity index (χ0v) is 14.7. The van der Waals surface area contributed by atoms with E-state index in [0.29, 0.717) is 17.1 Å². The summed E-state index contributed by atoms with van der Waals surface area (Å²) in [4.78, 5) is 12.2. The van der Waals surface area contributed by atoms with E-state index in [2.05, 4.69) is 36.7 Å². The predicted molar refractivity (Wildman–Crippen MR) is 90.8 cm³/mol. The van der Waals surface area contributed by atoms with E-state index in [1.807, 2.05) is 18.2 Å². The Bertz CT molecular complexity index is 670. The summed E-state index contributed by atoms with van der Waals surface area (Å²) in [6, 6.07) is 12.6. The first-order valence-corrected chi connectivity index (χ1v) is 7.77. The number of benzene rings is 2. The second-order valence-electron chi connectivity index (χ2n) is 6.01.